The highest BCUT2D eigenvalue weighted by molar-refractivity contribution is 6.21. The van der Waals surface area contributed by atoms with E-state index in [2.05, 4.69) is 4.90 Å². The maximum atomic E-state index is 12.8. The molecule has 2 N–H and O–H groups in total. The number of likely N-dealkylation sites (tertiary alicyclic amines) is 2. The monoisotopic (exact) mass is 387 g/mol. The van der Waals surface area contributed by atoms with Crippen LogP contribution in [0, 0.1) is 0 Å². The molecule has 7 nitrogen and oxygen atoms in total. The minimum Gasteiger partial charge on any atom is -0.378 e. The van der Waals surface area contributed by atoms with Gasteiger partial charge in [0.05, 0.1) is 17.2 Å². The molecule has 0 aromatic heterocycles. The van der Waals surface area contributed by atoms with Gasteiger partial charge in [0, 0.05) is 6.54 Å². The Morgan fingerprint density at radius 2 is 1.54 bits per heavy atom. The molecule has 28 heavy (non-hydrogen) atoms. The molecule has 2 fully saturated rings. The van der Waals surface area contributed by atoms with E-state index in [1.54, 1.807) is 29.2 Å². The number of rotatable bonds is 5. The van der Waals surface area contributed by atoms with Gasteiger partial charge in [0.25, 0.3) is 11.8 Å². The molecular weight excluding hydrogens is 358 g/mol. The zero-order chi connectivity index (χ0) is 19.7. The Hall–Kier alpha value is -1.80. The summed E-state index contributed by atoms with van der Waals surface area (Å²) >= 11 is 0. The lowest BCUT2D eigenvalue weighted by molar-refractivity contribution is -0.155. The third kappa shape index (κ3) is 3.59. The van der Waals surface area contributed by atoms with Crippen molar-refractivity contribution in [3.63, 3.8) is 0 Å². The summed E-state index contributed by atoms with van der Waals surface area (Å²) in [5.41, 5.74) is 0.782. The molecule has 3 heterocycles. The summed E-state index contributed by atoms with van der Waals surface area (Å²) < 4.78 is 0. The van der Waals surface area contributed by atoms with Gasteiger partial charge in [-0.3, -0.25) is 19.4 Å². The van der Waals surface area contributed by atoms with E-state index in [1.807, 2.05) is 0 Å². The summed E-state index contributed by atoms with van der Waals surface area (Å²) in [6, 6.07) is 6.14. The first-order valence-corrected chi connectivity index (χ1v) is 10.4. The highest BCUT2D eigenvalue weighted by Crippen LogP contribution is 2.31. The third-order valence-corrected chi connectivity index (χ3v) is 6.28. The van der Waals surface area contributed by atoms with Crippen molar-refractivity contribution in [2.75, 3.05) is 26.2 Å². The molecule has 1 aromatic carbocycles. The van der Waals surface area contributed by atoms with E-state index in [9.17, 15) is 19.8 Å². The number of hydrogen-bond donors (Lipinski definition) is 2. The van der Waals surface area contributed by atoms with Gasteiger partial charge in [-0.25, -0.2) is 0 Å². The van der Waals surface area contributed by atoms with Crippen LogP contribution in [0.2, 0.25) is 0 Å². The van der Waals surface area contributed by atoms with Crippen molar-refractivity contribution in [3.05, 3.63) is 35.4 Å². The first-order chi connectivity index (χ1) is 13.6. The maximum Gasteiger partial charge on any atom is 0.261 e. The lowest BCUT2D eigenvalue weighted by atomic mass is 10.00. The fraction of sp³-hybridized carbons (Fsp3) is 0.619. The molecule has 0 radical (unpaired) electrons. The number of imide groups is 1. The predicted octanol–water partition coefficient (Wildman–Crippen LogP) is 1.26. The van der Waals surface area contributed by atoms with Crippen LogP contribution in [0.25, 0.3) is 0 Å². The van der Waals surface area contributed by atoms with Gasteiger partial charge in [0.15, 0.2) is 0 Å². The molecule has 0 aliphatic carbocycles. The van der Waals surface area contributed by atoms with Gasteiger partial charge in [-0.2, -0.15) is 0 Å². The number of carbonyl (C=O) groups is 2. The number of carbonyl (C=O) groups excluding carboxylic acids is 2. The van der Waals surface area contributed by atoms with Crippen LogP contribution in [0.3, 0.4) is 0 Å². The number of aliphatic hydroxyl groups excluding tert-OH is 2. The van der Waals surface area contributed by atoms with Crippen LogP contribution in [0.5, 0.6) is 0 Å². The second-order valence-electron chi connectivity index (χ2n) is 8.06. The number of nitrogens with zero attached hydrogens (tertiary/aromatic N) is 3. The van der Waals surface area contributed by atoms with E-state index in [1.165, 1.54) is 24.2 Å². The van der Waals surface area contributed by atoms with Crippen molar-refractivity contribution in [1.29, 1.82) is 0 Å². The van der Waals surface area contributed by atoms with Crippen molar-refractivity contribution < 1.29 is 19.8 Å². The normalized spacial score (nSPS) is 29.4. The molecule has 3 atom stereocenters. The minimum absolute atomic E-state index is 0.352. The standard InChI is InChI=1S/C21H29N3O4/c25-18-10-9-17(24-19(26)15-7-2-3-8-16(15)20(24)27)21(28)23(18)14-6-13-22-11-4-1-5-12-22/h2-3,7-8,17-18,21,25,28H,1,4-6,9-14H2. The summed E-state index contributed by atoms with van der Waals surface area (Å²) in [4.78, 5) is 30.8. The average molecular weight is 387 g/mol. The highest BCUT2D eigenvalue weighted by Gasteiger charge is 2.46. The summed E-state index contributed by atoms with van der Waals surface area (Å²) in [5, 5.41) is 21.3. The Bertz CT molecular complexity index is 699. The molecule has 2 saturated heterocycles. The second-order valence-corrected chi connectivity index (χ2v) is 8.06. The molecule has 0 bridgehead atoms. The van der Waals surface area contributed by atoms with Gasteiger partial charge in [0.2, 0.25) is 0 Å². The van der Waals surface area contributed by atoms with E-state index >= 15 is 0 Å². The molecule has 0 spiro atoms. The van der Waals surface area contributed by atoms with Gasteiger partial charge in [0.1, 0.15) is 12.5 Å². The van der Waals surface area contributed by atoms with Crippen molar-refractivity contribution in [1.82, 2.24) is 14.7 Å². The lowest BCUT2D eigenvalue weighted by Gasteiger charge is -2.44. The van der Waals surface area contributed by atoms with Gasteiger partial charge in [-0.15, -0.1) is 0 Å². The SMILES string of the molecule is O=C1c2ccccc2C(=O)N1C1CCC(O)N(CCCN2CCCCC2)C1O. The average Bonchev–Trinajstić information content (AvgIpc) is 2.97. The van der Waals surface area contributed by atoms with Gasteiger partial charge in [-0.05, 0) is 63.9 Å². The molecule has 2 amide bonds. The molecule has 4 rings (SSSR count). The van der Waals surface area contributed by atoms with Crippen molar-refractivity contribution >= 4 is 11.8 Å². The number of aliphatic hydroxyl groups is 2. The lowest BCUT2D eigenvalue weighted by Crippen LogP contribution is -2.60. The minimum atomic E-state index is -1.05. The number of fused-ring (bicyclic) bond motifs is 1. The van der Waals surface area contributed by atoms with Crippen LogP contribution in [-0.2, 0) is 0 Å². The number of piperidine rings is 2. The van der Waals surface area contributed by atoms with E-state index in [4.69, 9.17) is 0 Å². The number of benzene rings is 1. The molecule has 3 unspecified atom stereocenters. The molecular formula is C21H29N3O4. The first kappa shape index (κ1) is 19.5. The smallest absolute Gasteiger partial charge is 0.261 e. The Morgan fingerprint density at radius 3 is 2.18 bits per heavy atom. The Morgan fingerprint density at radius 1 is 0.893 bits per heavy atom. The molecule has 0 saturated carbocycles. The molecule has 3 aliphatic rings. The number of hydrogen-bond acceptors (Lipinski definition) is 6. The van der Waals surface area contributed by atoms with Crippen LogP contribution in [0.15, 0.2) is 24.3 Å². The van der Waals surface area contributed by atoms with E-state index < -0.39 is 18.5 Å². The molecule has 3 aliphatic heterocycles. The van der Waals surface area contributed by atoms with Crippen LogP contribution in [0.1, 0.15) is 59.2 Å². The van der Waals surface area contributed by atoms with Crippen LogP contribution >= 0.6 is 0 Å². The van der Waals surface area contributed by atoms with Crippen molar-refractivity contribution in [2.45, 2.75) is 57.0 Å². The van der Waals surface area contributed by atoms with Crippen molar-refractivity contribution in [3.8, 4) is 0 Å². The molecule has 7 heteroatoms. The maximum absolute atomic E-state index is 12.8. The molecule has 152 valence electrons. The zero-order valence-corrected chi connectivity index (χ0v) is 16.2. The second kappa shape index (κ2) is 8.29. The van der Waals surface area contributed by atoms with Gasteiger partial charge < -0.3 is 15.1 Å². The Balaban J connectivity index is 1.42. The van der Waals surface area contributed by atoms with Crippen LogP contribution in [-0.4, -0.2) is 81.4 Å². The summed E-state index contributed by atoms with van der Waals surface area (Å²) in [6.45, 7) is 3.71. The molecule has 1 aromatic rings. The third-order valence-electron chi connectivity index (χ3n) is 6.28. The van der Waals surface area contributed by atoms with Crippen molar-refractivity contribution in [2.24, 2.45) is 0 Å². The van der Waals surface area contributed by atoms with Crippen LogP contribution in [0.4, 0.5) is 0 Å². The van der Waals surface area contributed by atoms with E-state index in [-0.39, 0.29) is 11.8 Å². The van der Waals surface area contributed by atoms with Gasteiger partial charge in [-0.1, -0.05) is 18.6 Å². The predicted molar refractivity (Wildman–Crippen MR) is 104 cm³/mol. The van der Waals surface area contributed by atoms with E-state index in [0.717, 1.165) is 26.1 Å². The summed E-state index contributed by atoms with van der Waals surface area (Å²) in [7, 11) is 0. The zero-order valence-electron chi connectivity index (χ0n) is 16.2. The first-order valence-electron chi connectivity index (χ1n) is 10.4. The number of amides is 2. The topological polar surface area (TPSA) is 84.3 Å². The fourth-order valence-electron chi connectivity index (χ4n) is 4.74. The highest BCUT2D eigenvalue weighted by atomic mass is 16.3. The quantitative estimate of drug-likeness (QED) is 0.740. The van der Waals surface area contributed by atoms with Crippen LogP contribution < -0.4 is 0 Å². The Kier molecular flexibility index (Phi) is 5.78. The summed E-state index contributed by atoms with van der Waals surface area (Å²) in [6.07, 6.45) is 3.63. The summed E-state index contributed by atoms with van der Waals surface area (Å²) in [5.74, 6) is -0.705. The van der Waals surface area contributed by atoms with Gasteiger partial charge >= 0.3 is 0 Å². The Labute approximate surface area is 165 Å². The fourth-order valence-corrected chi connectivity index (χ4v) is 4.74. The van der Waals surface area contributed by atoms with E-state index in [0.29, 0.717) is 30.5 Å². The largest absolute Gasteiger partial charge is 0.378 e.